The van der Waals surface area contributed by atoms with E-state index in [1.807, 2.05) is 0 Å². The number of hydrogen-bond donors (Lipinski definition) is 0. The maximum absolute atomic E-state index is 13.2. The number of nitrogens with zero attached hydrogens (tertiary/aromatic N) is 2. The quantitative estimate of drug-likeness (QED) is 0.628. The lowest BCUT2D eigenvalue weighted by Crippen LogP contribution is -1.96. The molecule has 0 unspecified atom stereocenters. The van der Waals surface area contributed by atoms with Crippen molar-refractivity contribution in [3.8, 4) is 11.1 Å². The number of alkyl halides is 1. The summed E-state index contributed by atoms with van der Waals surface area (Å²) in [5.41, 5.74) is 1.29. The third-order valence-electron chi connectivity index (χ3n) is 2.68. The highest BCUT2D eigenvalue weighted by Gasteiger charge is 2.13. The summed E-state index contributed by atoms with van der Waals surface area (Å²) in [7, 11) is 0. The molecular weight excluding hydrogens is 254 g/mol. The smallest absolute Gasteiger partial charge is 0.261 e. The number of pyridine rings is 1. The molecule has 4 nitrogen and oxygen atoms in total. The second-order valence-corrected chi connectivity index (χ2v) is 3.93. The Morgan fingerprint density at radius 1 is 1.26 bits per heavy atom. The van der Waals surface area contributed by atoms with Crippen LogP contribution in [0.3, 0.4) is 0 Å². The molecule has 0 amide bonds. The third-order valence-corrected chi connectivity index (χ3v) is 2.68. The number of nitro benzene ring substituents is 1. The molecule has 0 atom stereocenters. The van der Waals surface area contributed by atoms with Gasteiger partial charge in [0.05, 0.1) is 17.8 Å². The Morgan fingerprint density at radius 3 is 2.68 bits per heavy atom. The molecule has 0 N–H and O–H groups in total. The third kappa shape index (κ3) is 2.90. The Bertz CT molecular complexity index is 617. The van der Waals surface area contributed by atoms with Gasteiger partial charge in [-0.1, -0.05) is 6.07 Å². The molecule has 0 saturated carbocycles. The summed E-state index contributed by atoms with van der Waals surface area (Å²) in [6.07, 6.45) is 2.55. The van der Waals surface area contributed by atoms with Crippen molar-refractivity contribution in [2.45, 2.75) is 6.42 Å². The average Bonchev–Trinajstić information content (AvgIpc) is 2.39. The molecule has 0 aliphatic carbocycles. The van der Waals surface area contributed by atoms with Gasteiger partial charge >= 0.3 is 0 Å². The van der Waals surface area contributed by atoms with Gasteiger partial charge in [-0.25, -0.2) is 4.39 Å². The predicted octanol–water partition coefficient (Wildman–Crippen LogP) is 3.31. The lowest BCUT2D eigenvalue weighted by Gasteiger charge is -2.08. The number of halogens is 2. The molecular formula is C13H10F2N2O2. The molecule has 19 heavy (non-hydrogen) atoms. The second-order valence-electron chi connectivity index (χ2n) is 3.93. The zero-order valence-corrected chi connectivity index (χ0v) is 9.85. The number of aromatic nitrogens is 1. The second kappa shape index (κ2) is 5.51. The van der Waals surface area contributed by atoms with E-state index >= 15 is 0 Å². The molecule has 0 fully saturated rings. The van der Waals surface area contributed by atoms with E-state index in [4.69, 9.17) is 0 Å². The zero-order chi connectivity index (χ0) is 13.8. The summed E-state index contributed by atoms with van der Waals surface area (Å²) in [5.74, 6) is -0.546. The van der Waals surface area contributed by atoms with Crippen LogP contribution in [0.4, 0.5) is 14.5 Å². The monoisotopic (exact) mass is 264 g/mol. The first-order chi connectivity index (χ1) is 9.11. The van der Waals surface area contributed by atoms with Crippen molar-refractivity contribution in [1.82, 2.24) is 4.98 Å². The van der Waals surface area contributed by atoms with Gasteiger partial charge in [0.25, 0.3) is 5.69 Å². The molecule has 0 bridgehead atoms. The molecule has 98 valence electrons. The fourth-order valence-electron chi connectivity index (χ4n) is 1.83. The van der Waals surface area contributed by atoms with Gasteiger partial charge in [0.2, 0.25) is 0 Å². The van der Waals surface area contributed by atoms with Crippen LogP contribution in [0.2, 0.25) is 0 Å². The number of rotatable bonds is 4. The van der Waals surface area contributed by atoms with Crippen molar-refractivity contribution in [3.63, 3.8) is 0 Å². The molecule has 1 heterocycles. The van der Waals surface area contributed by atoms with Crippen LogP contribution in [0.15, 0.2) is 36.7 Å². The van der Waals surface area contributed by atoms with Crippen LogP contribution in [0.1, 0.15) is 5.56 Å². The van der Waals surface area contributed by atoms with E-state index in [0.717, 1.165) is 6.20 Å². The van der Waals surface area contributed by atoms with E-state index in [9.17, 15) is 18.9 Å². The largest absolute Gasteiger partial charge is 0.270 e. The summed E-state index contributed by atoms with van der Waals surface area (Å²) in [6.45, 7) is -0.590. The van der Waals surface area contributed by atoms with Crippen molar-refractivity contribution in [3.05, 3.63) is 58.2 Å². The van der Waals surface area contributed by atoms with E-state index < -0.39 is 17.4 Å². The molecule has 0 saturated heterocycles. The summed E-state index contributed by atoms with van der Waals surface area (Å²) in [5, 5.41) is 10.8. The summed E-state index contributed by atoms with van der Waals surface area (Å²) < 4.78 is 25.6. The molecule has 6 heteroatoms. The van der Waals surface area contributed by atoms with Gasteiger partial charge in [-0.3, -0.25) is 19.5 Å². The number of hydrogen-bond acceptors (Lipinski definition) is 3. The molecule has 1 aromatic heterocycles. The molecule has 0 aliphatic heterocycles. The van der Waals surface area contributed by atoms with Crippen molar-refractivity contribution in [2.24, 2.45) is 0 Å². The fraction of sp³-hybridized carbons (Fsp3) is 0.154. The lowest BCUT2D eigenvalue weighted by molar-refractivity contribution is -0.384. The lowest BCUT2D eigenvalue weighted by atomic mass is 9.98. The van der Waals surface area contributed by atoms with Crippen molar-refractivity contribution in [1.29, 1.82) is 0 Å². The highest BCUT2D eigenvalue weighted by Crippen LogP contribution is 2.28. The standard InChI is InChI=1S/C13H10F2N2O2/c14-4-3-9-1-2-12(17(18)19)6-13(9)10-5-11(15)8-16-7-10/h1-2,5-8H,3-4H2. The molecule has 0 spiro atoms. The maximum Gasteiger partial charge on any atom is 0.270 e. The number of nitro groups is 1. The minimum absolute atomic E-state index is 0.115. The SMILES string of the molecule is O=[N+]([O-])c1ccc(CCF)c(-c2cncc(F)c2)c1. The van der Waals surface area contributed by atoms with Crippen LogP contribution < -0.4 is 0 Å². The molecule has 0 aliphatic rings. The first-order valence-corrected chi connectivity index (χ1v) is 5.56. The Hall–Kier alpha value is -2.37. The van der Waals surface area contributed by atoms with Crippen LogP contribution in [-0.4, -0.2) is 16.6 Å². The van der Waals surface area contributed by atoms with E-state index in [-0.39, 0.29) is 12.1 Å². The molecule has 2 rings (SSSR count). The van der Waals surface area contributed by atoms with E-state index in [0.29, 0.717) is 16.7 Å². The molecule has 0 radical (unpaired) electrons. The number of non-ortho nitro benzene ring substituents is 1. The fourth-order valence-corrected chi connectivity index (χ4v) is 1.83. The Labute approximate surface area is 107 Å². The maximum atomic E-state index is 13.2. The van der Waals surface area contributed by atoms with E-state index in [1.54, 1.807) is 0 Å². The van der Waals surface area contributed by atoms with Crippen molar-refractivity contribution < 1.29 is 13.7 Å². The average molecular weight is 264 g/mol. The van der Waals surface area contributed by atoms with E-state index in [1.165, 1.54) is 30.5 Å². The van der Waals surface area contributed by atoms with E-state index in [2.05, 4.69) is 4.98 Å². The molecule has 1 aromatic carbocycles. The van der Waals surface area contributed by atoms with Crippen LogP contribution in [0, 0.1) is 15.9 Å². The van der Waals surface area contributed by atoms with Gasteiger partial charge in [-0.2, -0.15) is 0 Å². The number of aryl methyl sites for hydroxylation is 1. The highest BCUT2D eigenvalue weighted by atomic mass is 19.1. The topological polar surface area (TPSA) is 56.0 Å². The summed E-state index contributed by atoms with van der Waals surface area (Å²) in [6, 6.07) is 5.31. The highest BCUT2D eigenvalue weighted by molar-refractivity contribution is 5.69. The summed E-state index contributed by atoms with van der Waals surface area (Å²) in [4.78, 5) is 13.9. The first kappa shape index (κ1) is 13.1. The Kier molecular flexibility index (Phi) is 3.79. The zero-order valence-electron chi connectivity index (χ0n) is 9.85. The minimum Gasteiger partial charge on any atom is -0.261 e. The minimum atomic E-state index is -0.590. The van der Waals surface area contributed by atoms with Crippen molar-refractivity contribution >= 4 is 5.69 Å². The number of benzene rings is 1. The van der Waals surface area contributed by atoms with Gasteiger partial charge in [-0.15, -0.1) is 0 Å². The Morgan fingerprint density at radius 2 is 2.05 bits per heavy atom. The predicted molar refractivity (Wildman–Crippen MR) is 66.0 cm³/mol. The van der Waals surface area contributed by atoms with Crippen LogP contribution in [-0.2, 0) is 6.42 Å². The van der Waals surface area contributed by atoms with Crippen molar-refractivity contribution in [2.75, 3.05) is 6.67 Å². The van der Waals surface area contributed by atoms with Gasteiger partial charge < -0.3 is 0 Å². The van der Waals surface area contributed by atoms with Gasteiger partial charge in [-0.05, 0) is 17.2 Å². The molecule has 2 aromatic rings. The van der Waals surface area contributed by atoms with Crippen LogP contribution >= 0.6 is 0 Å². The van der Waals surface area contributed by atoms with Gasteiger partial charge in [0, 0.05) is 30.3 Å². The Balaban J connectivity index is 2.57. The summed E-state index contributed by atoms with van der Waals surface area (Å²) >= 11 is 0. The normalized spacial score (nSPS) is 10.4. The van der Waals surface area contributed by atoms with Gasteiger partial charge in [0.15, 0.2) is 0 Å². The van der Waals surface area contributed by atoms with Crippen LogP contribution in [0.5, 0.6) is 0 Å². The first-order valence-electron chi connectivity index (χ1n) is 5.56. The van der Waals surface area contributed by atoms with Gasteiger partial charge in [0.1, 0.15) is 5.82 Å². The van der Waals surface area contributed by atoms with Crippen LogP contribution in [0.25, 0.3) is 11.1 Å².